The van der Waals surface area contributed by atoms with E-state index in [2.05, 4.69) is 59.7 Å². The van der Waals surface area contributed by atoms with Gasteiger partial charge in [-0.05, 0) is 95.3 Å². The van der Waals surface area contributed by atoms with Crippen LogP contribution in [0.25, 0.3) is 11.2 Å². The molecular weight excluding hydrogens is 745 g/mol. The number of likely N-dealkylation sites (tertiary alicyclic amines) is 1. The topological polar surface area (TPSA) is 234 Å². The van der Waals surface area contributed by atoms with Gasteiger partial charge in [0.2, 0.25) is 17.7 Å². The second kappa shape index (κ2) is 23.1. The largest absolute Gasteiger partial charge is 0.463 e. The lowest BCUT2D eigenvalue weighted by Crippen LogP contribution is -2.51. The number of nitrogens with zero attached hydrogens (tertiary/aromatic N) is 4. The van der Waals surface area contributed by atoms with E-state index < -0.39 is 11.5 Å². The Bertz CT molecular complexity index is 1800. The highest BCUT2D eigenvalue weighted by Crippen LogP contribution is 2.24. The monoisotopic (exact) mass is 811 g/mol. The fourth-order valence-electron chi connectivity index (χ4n) is 6.81. The van der Waals surface area contributed by atoms with Crippen LogP contribution in [0.4, 0.5) is 5.82 Å². The van der Waals surface area contributed by atoms with Crippen LogP contribution in [-0.2, 0) is 37.0 Å². The number of aromatic nitrogens is 4. The van der Waals surface area contributed by atoms with Gasteiger partial charge in [-0.1, -0.05) is 51.5 Å². The van der Waals surface area contributed by atoms with Crippen molar-refractivity contribution in [2.45, 2.75) is 118 Å². The molecule has 1 fully saturated rings. The van der Waals surface area contributed by atoms with Gasteiger partial charge < -0.3 is 36.1 Å². The zero-order chi connectivity index (χ0) is 42.1. The van der Waals surface area contributed by atoms with E-state index in [9.17, 15) is 19.2 Å². The molecule has 0 radical (unpaired) electrons. The molecule has 0 unspecified atom stereocenters. The van der Waals surface area contributed by atoms with Crippen molar-refractivity contribution in [2.75, 3.05) is 51.7 Å². The molecule has 4 rings (SSSR count). The van der Waals surface area contributed by atoms with Crippen LogP contribution >= 0.6 is 0 Å². The first-order valence-corrected chi connectivity index (χ1v) is 20.8. The summed E-state index contributed by atoms with van der Waals surface area (Å²) in [5.74, 6) is 4.93. The molecule has 3 amide bonds. The third-order valence-corrected chi connectivity index (χ3v) is 10.6. The van der Waals surface area contributed by atoms with Crippen LogP contribution in [0.3, 0.4) is 0 Å². The van der Waals surface area contributed by atoms with Gasteiger partial charge >= 0.3 is 11.7 Å². The number of amides is 3. The molecule has 2 aromatic heterocycles. The minimum Gasteiger partial charge on any atom is -0.463 e. The molecule has 3 heterocycles. The van der Waals surface area contributed by atoms with E-state index in [1.165, 1.54) is 5.56 Å². The number of anilines is 1. The van der Waals surface area contributed by atoms with Gasteiger partial charge in [-0.15, -0.1) is 0 Å². The van der Waals surface area contributed by atoms with Gasteiger partial charge in [0.1, 0.15) is 18.2 Å². The number of hydrogen-bond donors (Lipinski definition) is 6. The van der Waals surface area contributed by atoms with E-state index >= 15 is 0 Å². The highest BCUT2D eigenvalue weighted by molar-refractivity contribution is 5.89. The van der Waals surface area contributed by atoms with Crippen molar-refractivity contribution >= 4 is 34.7 Å². The van der Waals surface area contributed by atoms with E-state index in [4.69, 9.17) is 21.1 Å². The Labute approximate surface area is 341 Å². The minimum atomic E-state index is -0.711. The Morgan fingerprint density at radius 3 is 2.36 bits per heavy atom. The van der Waals surface area contributed by atoms with Crippen LogP contribution in [0.15, 0.2) is 29.1 Å². The summed E-state index contributed by atoms with van der Waals surface area (Å²) in [4.78, 5) is 69.5. The number of piperidine rings is 1. The van der Waals surface area contributed by atoms with E-state index in [0.717, 1.165) is 57.3 Å². The van der Waals surface area contributed by atoms with Crippen LogP contribution in [0.1, 0.15) is 104 Å². The molecule has 0 spiro atoms. The Morgan fingerprint density at radius 1 is 0.983 bits per heavy atom. The van der Waals surface area contributed by atoms with Crippen LogP contribution in [0.2, 0.25) is 0 Å². The zero-order valence-corrected chi connectivity index (χ0v) is 35.1. The molecule has 1 aromatic carbocycles. The summed E-state index contributed by atoms with van der Waals surface area (Å²) in [6.07, 6.45) is 7.07. The minimum absolute atomic E-state index is 0.0703. The molecule has 1 aliphatic heterocycles. The van der Waals surface area contributed by atoms with Crippen LogP contribution < -0.4 is 38.0 Å². The normalized spacial score (nSPS) is 14.5. The van der Waals surface area contributed by atoms with Gasteiger partial charge in [-0.25, -0.2) is 10.7 Å². The van der Waals surface area contributed by atoms with Gasteiger partial charge in [0.15, 0.2) is 11.5 Å². The molecule has 8 N–H and O–H groups in total. The van der Waals surface area contributed by atoms with Gasteiger partial charge in [-0.3, -0.25) is 28.7 Å². The van der Waals surface area contributed by atoms with Crippen molar-refractivity contribution in [3.8, 4) is 6.01 Å². The second-order valence-corrected chi connectivity index (χ2v) is 16.2. The Kier molecular flexibility index (Phi) is 18.4. The molecule has 17 nitrogen and oxygen atoms in total. The number of aromatic amines is 1. The number of nitrogens with one attached hydrogen (secondary N) is 4. The fourth-order valence-corrected chi connectivity index (χ4v) is 6.81. The highest BCUT2D eigenvalue weighted by Gasteiger charge is 2.31. The van der Waals surface area contributed by atoms with Gasteiger partial charge in [0.25, 0.3) is 0 Å². The molecule has 58 heavy (non-hydrogen) atoms. The van der Waals surface area contributed by atoms with Crippen molar-refractivity contribution in [3.63, 3.8) is 0 Å². The smallest absolute Gasteiger partial charge is 0.328 e. The van der Waals surface area contributed by atoms with Crippen molar-refractivity contribution < 1.29 is 28.7 Å². The number of fused-ring (bicyclic) bond motifs is 1. The van der Waals surface area contributed by atoms with Crippen molar-refractivity contribution in [1.82, 2.24) is 40.4 Å². The number of nitrogens with two attached hydrogens (primary N) is 2. The zero-order valence-electron chi connectivity index (χ0n) is 35.1. The summed E-state index contributed by atoms with van der Waals surface area (Å²) in [5.41, 5.74) is 8.06. The molecule has 1 saturated heterocycles. The predicted octanol–water partition coefficient (Wildman–Crippen LogP) is 3.15. The number of imidazole rings is 1. The average molecular weight is 811 g/mol. The molecule has 0 bridgehead atoms. The molecule has 1 atom stereocenters. The van der Waals surface area contributed by atoms with E-state index in [0.29, 0.717) is 75.6 Å². The molecule has 0 aliphatic carbocycles. The predicted molar refractivity (Wildman–Crippen MR) is 223 cm³/mol. The number of H-pyrrole nitrogens is 1. The number of ether oxygens (including phenoxy) is 2. The summed E-state index contributed by atoms with van der Waals surface area (Å²) in [5, 5.41) is 8.81. The third-order valence-electron chi connectivity index (χ3n) is 10.6. The van der Waals surface area contributed by atoms with Crippen LogP contribution in [-0.4, -0.2) is 100 Å². The average Bonchev–Trinajstić information content (AvgIpc) is 3.50. The summed E-state index contributed by atoms with van der Waals surface area (Å²) in [6.45, 7) is 14.4. The summed E-state index contributed by atoms with van der Waals surface area (Å²) in [7, 11) is 0. The van der Waals surface area contributed by atoms with Gasteiger partial charge in [0, 0.05) is 31.7 Å². The molecule has 322 valence electrons. The highest BCUT2D eigenvalue weighted by atomic mass is 16.6. The Hall–Kier alpha value is -4.58. The number of nitrogen functional groups attached to an aromatic ring is 1. The number of unbranched alkanes of at least 4 members (excludes halogenated alkanes) is 2. The van der Waals surface area contributed by atoms with E-state index in [1.54, 1.807) is 4.57 Å². The number of carbonyl (C=O) groups is 3. The van der Waals surface area contributed by atoms with Gasteiger partial charge in [-0.2, -0.15) is 9.97 Å². The molecule has 0 saturated carbocycles. The Balaban J connectivity index is 1.23. The van der Waals surface area contributed by atoms with Crippen LogP contribution in [0.5, 0.6) is 6.01 Å². The standard InChI is InChI=1S/C41H66N10O7/c1-6-7-23-57-39-48-35(42)34-36(49-39)51(40(55)47-34)26-31-13-11-30(12-14-31)25-50-21-16-29(17-22-50)15-20-45-37(53)32(10-8-9-19-44-33(52)27-58-43)46-38(54)41(4,5)18-24-56-28(2)3/h11-14,28-29,32H,6-10,15-27,43H2,1-5H3,(H,44,52)(H,45,53)(H,46,54)(H,47,55)(H2,42,48,49)/t32-/m0/s1. The maximum atomic E-state index is 13.4. The van der Waals surface area contributed by atoms with E-state index in [1.807, 2.05) is 39.8 Å². The fraction of sp³-hybridized carbons (Fsp3) is 0.659. The number of carbonyl (C=O) groups excluding carboxylic acids is 3. The Morgan fingerprint density at radius 2 is 1.69 bits per heavy atom. The number of rotatable bonds is 25. The maximum Gasteiger partial charge on any atom is 0.328 e. The first kappa shape index (κ1) is 46.1. The summed E-state index contributed by atoms with van der Waals surface area (Å²) >= 11 is 0. The lowest BCUT2D eigenvalue weighted by molar-refractivity contribution is -0.135. The number of hydrogen-bond acceptors (Lipinski definition) is 12. The third kappa shape index (κ3) is 14.7. The summed E-state index contributed by atoms with van der Waals surface area (Å²) in [6, 6.07) is 7.75. The molecule has 1 aliphatic rings. The van der Waals surface area contributed by atoms with Crippen LogP contribution in [0, 0.1) is 11.3 Å². The van der Waals surface area contributed by atoms with E-state index in [-0.39, 0.29) is 48.0 Å². The lowest BCUT2D eigenvalue weighted by Gasteiger charge is -2.32. The summed E-state index contributed by atoms with van der Waals surface area (Å²) < 4.78 is 12.9. The van der Waals surface area contributed by atoms with Crippen molar-refractivity contribution in [3.05, 3.63) is 45.9 Å². The van der Waals surface area contributed by atoms with Crippen molar-refractivity contribution in [2.24, 2.45) is 17.2 Å². The lowest BCUT2D eigenvalue weighted by atomic mass is 9.88. The quantitative estimate of drug-likeness (QED) is 0.0535. The maximum absolute atomic E-state index is 13.4. The van der Waals surface area contributed by atoms with Gasteiger partial charge in [0.05, 0.1) is 19.3 Å². The molecule has 17 heteroatoms. The first-order chi connectivity index (χ1) is 27.8. The first-order valence-electron chi connectivity index (χ1n) is 20.8. The molecule has 3 aromatic rings. The second-order valence-electron chi connectivity index (χ2n) is 16.2. The number of benzene rings is 1. The molecular formula is C41H66N10O7. The van der Waals surface area contributed by atoms with Crippen molar-refractivity contribution in [1.29, 1.82) is 0 Å². The SMILES string of the molecule is CCCCOc1nc(N)c2[nH]c(=O)n(Cc3ccc(CN4CCC(CCNC(=O)[C@H](CCCCNC(=O)CON)NC(=O)C(C)(C)CCOC(C)C)CC4)cc3)c2n1.